The molecule has 0 spiro atoms. The lowest BCUT2D eigenvalue weighted by atomic mass is 10.1. The first kappa shape index (κ1) is 9.69. The summed E-state index contributed by atoms with van der Waals surface area (Å²) in [5.74, 6) is 0.845. The Bertz CT molecular complexity index is 284. The van der Waals surface area contributed by atoms with E-state index in [1.807, 2.05) is 18.2 Å². The Hall–Kier alpha value is -0.860. The van der Waals surface area contributed by atoms with E-state index in [9.17, 15) is 0 Å². The number of nitrogens with two attached hydrogens (primary N) is 1. The van der Waals surface area contributed by atoms with Gasteiger partial charge in [-0.15, -0.1) is 0 Å². The first-order valence-corrected chi connectivity index (χ1v) is 5.31. The average molecular weight is 190 g/mol. The monoisotopic (exact) mass is 190 g/mol. The summed E-state index contributed by atoms with van der Waals surface area (Å²) in [6.45, 7) is 3.16. The summed E-state index contributed by atoms with van der Waals surface area (Å²) in [6.07, 6.45) is 1.31. The van der Waals surface area contributed by atoms with Crippen molar-refractivity contribution in [2.75, 3.05) is 6.54 Å². The predicted molar refractivity (Wildman–Crippen MR) is 58.9 cm³/mol. The molecule has 0 heterocycles. The molecule has 0 bridgehead atoms. The van der Waals surface area contributed by atoms with Gasteiger partial charge in [-0.05, 0) is 17.9 Å². The van der Waals surface area contributed by atoms with Crippen LogP contribution < -0.4 is 11.1 Å². The standard InChI is InChI=1S/C12H18N2/c1-9-7-12(9)14-8-11(13)10-5-3-2-4-6-10/h2-6,9,11-12,14H,7-8,13H2,1H3. The lowest BCUT2D eigenvalue weighted by molar-refractivity contribution is 0.578. The Morgan fingerprint density at radius 3 is 2.64 bits per heavy atom. The zero-order valence-electron chi connectivity index (χ0n) is 8.61. The summed E-state index contributed by atoms with van der Waals surface area (Å²) in [6, 6.07) is 11.1. The van der Waals surface area contributed by atoms with Crippen LogP contribution in [0.2, 0.25) is 0 Å². The zero-order chi connectivity index (χ0) is 9.97. The molecule has 0 radical (unpaired) electrons. The molecule has 0 aromatic heterocycles. The highest BCUT2D eigenvalue weighted by molar-refractivity contribution is 5.18. The van der Waals surface area contributed by atoms with Crippen LogP contribution in [0.5, 0.6) is 0 Å². The van der Waals surface area contributed by atoms with Crippen molar-refractivity contribution >= 4 is 0 Å². The number of rotatable bonds is 4. The van der Waals surface area contributed by atoms with Gasteiger partial charge in [-0.3, -0.25) is 0 Å². The summed E-state index contributed by atoms with van der Waals surface area (Å²) < 4.78 is 0. The second kappa shape index (κ2) is 4.11. The minimum Gasteiger partial charge on any atom is -0.323 e. The molecule has 1 saturated carbocycles. The van der Waals surface area contributed by atoms with Gasteiger partial charge in [-0.1, -0.05) is 37.3 Å². The molecule has 0 amide bonds. The van der Waals surface area contributed by atoms with Crippen LogP contribution in [0.4, 0.5) is 0 Å². The molecule has 1 aliphatic rings. The van der Waals surface area contributed by atoms with Crippen molar-refractivity contribution in [3.05, 3.63) is 35.9 Å². The van der Waals surface area contributed by atoms with Crippen molar-refractivity contribution in [2.45, 2.75) is 25.4 Å². The van der Waals surface area contributed by atoms with Crippen molar-refractivity contribution in [1.29, 1.82) is 0 Å². The number of hydrogen-bond donors (Lipinski definition) is 2. The van der Waals surface area contributed by atoms with Crippen LogP contribution >= 0.6 is 0 Å². The second-order valence-electron chi connectivity index (χ2n) is 4.24. The highest BCUT2D eigenvalue weighted by atomic mass is 15.0. The van der Waals surface area contributed by atoms with E-state index in [2.05, 4.69) is 24.4 Å². The molecule has 1 aliphatic carbocycles. The SMILES string of the molecule is CC1CC1NCC(N)c1ccccc1. The molecule has 0 saturated heterocycles. The minimum absolute atomic E-state index is 0.129. The van der Waals surface area contributed by atoms with Gasteiger partial charge in [0.25, 0.3) is 0 Å². The first-order chi connectivity index (χ1) is 6.77. The largest absolute Gasteiger partial charge is 0.323 e. The molecule has 3 unspecified atom stereocenters. The van der Waals surface area contributed by atoms with Crippen LogP contribution in [0.3, 0.4) is 0 Å². The fraction of sp³-hybridized carbons (Fsp3) is 0.500. The van der Waals surface area contributed by atoms with E-state index >= 15 is 0 Å². The van der Waals surface area contributed by atoms with Gasteiger partial charge >= 0.3 is 0 Å². The second-order valence-corrected chi connectivity index (χ2v) is 4.24. The van der Waals surface area contributed by atoms with E-state index < -0.39 is 0 Å². The van der Waals surface area contributed by atoms with Crippen molar-refractivity contribution in [1.82, 2.24) is 5.32 Å². The Labute approximate surface area is 85.5 Å². The minimum atomic E-state index is 0.129. The molecular formula is C12H18N2. The molecule has 2 nitrogen and oxygen atoms in total. The third kappa shape index (κ3) is 2.34. The summed E-state index contributed by atoms with van der Waals surface area (Å²) >= 11 is 0. The molecule has 14 heavy (non-hydrogen) atoms. The summed E-state index contributed by atoms with van der Waals surface area (Å²) in [5, 5.41) is 3.48. The van der Waals surface area contributed by atoms with E-state index in [0.717, 1.165) is 12.5 Å². The zero-order valence-corrected chi connectivity index (χ0v) is 8.61. The van der Waals surface area contributed by atoms with Gasteiger partial charge in [0.1, 0.15) is 0 Å². The van der Waals surface area contributed by atoms with Crippen molar-refractivity contribution in [3.8, 4) is 0 Å². The lowest BCUT2D eigenvalue weighted by Gasteiger charge is -2.12. The maximum absolute atomic E-state index is 6.05. The first-order valence-electron chi connectivity index (χ1n) is 5.31. The Balaban J connectivity index is 1.81. The highest BCUT2D eigenvalue weighted by Crippen LogP contribution is 2.29. The highest BCUT2D eigenvalue weighted by Gasteiger charge is 2.31. The molecule has 1 fully saturated rings. The van der Waals surface area contributed by atoms with Gasteiger partial charge in [0.05, 0.1) is 0 Å². The van der Waals surface area contributed by atoms with E-state index in [1.54, 1.807) is 0 Å². The van der Waals surface area contributed by atoms with E-state index in [1.165, 1.54) is 12.0 Å². The van der Waals surface area contributed by atoms with Crippen LogP contribution in [-0.4, -0.2) is 12.6 Å². The average Bonchev–Trinajstić information content (AvgIpc) is 2.92. The van der Waals surface area contributed by atoms with Crippen LogP contribution in [0.15, 0.2) is 30.3 Å². The fourth-order valence-electron chi connectivity index (χ4n) is 1.70. The summed E-state index contributed by atoms with van der Waals surface area (Å²) in [5.41, 5.74) is 7.27. The van der Waals surface area contributed by atoms with Crippen molar-refractivity contribution in [2.24, 2.45) is 11.7 Å². The van der Waals surface area contributed by atoms with Crippen LogP contribution in [0.1, 0.15) is 24.9 Å². The number of benzene rings is 1. The molecular weight excluding hydrogens is 172 g/mol. The Morgan fingerprint density at radius 2 is 2.07 bits per heavy atom. The molecule has 3 N–H and O–H groups in total. The maximum Gasteiger partial charge on any atom is 0.0421 e. The molecule has 3 atom stereocenters. The van der Waals surface area contributed by atoms with Gasteiger partial charge in [-0.25, -0.2) is 0 Å². The molecule has 1 aromatic rings. The van der Waals surface area contributed by atoms with Gasteiger partial charge in [0, 0.05) is 18.6 Å². The normalized spacial score (nSPS) is 27.3. The summed E-state index contributed by atoms with van der Waals surface area (Å²) in [4.78, 5) is 0. The smallest absolute Gasteiger partial charge is 0.0421 e. The molecule has 0 aliphatic heterocycles. The number of hydrogen-bond acceptors (Lipinski definition) is 2. The maximum atomic E-state index is 6.05. The van der Waals surface area contributed by atoms with E-state index in [4.69, 9.17) is 5.73 Å². The number of nitrogens with one attached hydrogen (secondary N) is 1. The van der Waals surface area contributed by atoms with Gasteiger partial charge in [0.15, 0.2) is 0 Å². The van der Waals surface area contributed by atoms with Crippen LogP contribution in [0, 0.1) is 5.92 Å². The van der Waals surface area contributed by atoms with Crippen molar-refractivity contribution in [3.63, 3.8) is 0 Å². The molecule has 1 aromatic carbocycles. The summed E-state index contributed by atoms with van der Waals surface area (Å²) in [7, 11) is 0. The van der Waals surface area contributed by atoms with Gasteiger partial charge in [-0.2, -0.15) is 0 Å². The molecule has 2 heteroatoms. The third-order valence-electron chi connectivity index (χ3n) is 2.94. The lowest BCUT2D eigenvalue weighted by Crippen LogP contribution is -2.29. The fourth-order valence-corrected chi connectivity index (χ4v) is 1.70. The van der Waals surface area contributed by atoms with E-state index in [-0.39, 0.29) is 6.04 Å². The quantitative estimate of drug-likeness (QED) is 0.758. The predicted octanol–water partition coefficient (Wildman–Crippen LogP) is 1.68. The third-order valence-corrected chi connectivity index (χ3v) is 2.94. The topological polar surface area (TPSA) is 38.0 Å². The van der Waals surface area contributed by atoms with Crippen molar-refractivity contribution < 1.29 is 0 Å². The molecule has 2 rings (SSSR count). The van der Waals surface area contributed by atoms with Crippen LogP contribution in [0.25, 0.3) is 0 Å². The Morgan fingerprint density at radius 1 is 1.43 bits per heavy atom. The van der Waals surface area contributed by atoms with Gasteiger partial charge in [0.2, 0.25) is 0 Å². The van der Waals surface area contributed by atoms with Gasteiger partial charge < -0.3 is 11.1 Å². The van der Waals surface area contributed by atoms with E-state index in [0.29, 0.717) is 6.04 Å². The Kier molecular flexibility index (Phi) is 2.85. The van der Waals surface area contributed by atoms with Crippen LogP contribution in [-0.2, 0) is 0 Å². The molecule has 76 valence electrons.